The van der Waals surface area contributed by atoms with Crippen LogP contribution in [0.25, 0.3) is 0 Å². The molecule has 0 fully saturated rings. The number of nitrogens with zero attached hydrogens (tertiary/aromatic N) is 2. The van der Waals surface area contributed by atoms with Crippen LogP contribution < -0.4 is 10.6 Å². The quantitative estimate of drug-likeness (QED) is 0.882. The zero-order chi connectivity index (χ0) is 12.3. The summed E-state index contributed by atoms with van der Waals surface area (Å²) in [6.45, 7) is 0.448. The average Bonchev–Trinajstić information content (AvgIpc) is 2.39. The fraction of sp³-hybridized carbons (Fsp3) is 0.154. The molecule has 0 spiro atoms. The molecule has 1 heterocycles. The smallest absolute Gasteiger partial charge is 0.123 e. The molecule has 4 heteroatoms. The van der Waals surface area contributed by atoms with Crippen LogP contribution in [0.2, 0.25) is 0 Å². The molecule has 1 aromatic carbocycles. The Bertz CT molecular complexity index is 496. The van der Waals surface area contributed by atoms with Gasteiger partial charge >= 0.3 is 0 Å². The lowest BCUT2D eigenvalue weighted by Gasteiger charge is -2.21. The Kier molecular flexibility index (Phi) is 3.35. The second-order valence-corrected chi connectivity index (χ2v) is 3.74. The molecule has 0 saturated heterocycles. The van der Waals surface area contributed by atoms with Gasteiger partial charge in [-0.2, -0.15) is 0 Å². The minimum absolute atomic E-state index is 0.243. The van der Waals surface area contributed by atoms with E-state index in [1.807, 2.05) is 18.0 Å². The maximum absolute atomic E-state index is 12.8. The van der Waals surface area contributed by atoms with Crippen LogP contribution in [0.5, 0.6) is 0 Å². The topological polar surface area (TPSA) is 42.2 Å². The maximum Gasteiger partial charge on any atom is 0.123 e. The fourth-order valence-corrected chi connectivity index (χ4v) is 1.69. The molecule has 88 valence electrons. The van der Waals surface area contributed by atoms with E-state index in [-0.39, 0.29) is 5.82 Å². The summed E-state index contributed by atoms with van der Waals surface area (Å²) in [6, 6.07) is 8.20. The summed E-state index contributed by atoms with van der Waals surface area (Å²) in [7, 11) is 1.91. The van der Waals surface area contributed by atoms with Gasteiger partial charge in [-0.25, -0.2) is 4.39 Å². The van der Waals surface area contributed by atoms with Crippen LogP contribution in [0.3, 0.4) is 0 Å². The van der Waals surface area contributed by atoms with Crippen LogP contribution in [0.15, 0.2) is 42.7 Å². The lowest BCUT2D eigenvalue weighted by molar-refractivity contribution is 0.628. The van der Waals surface area contributed by atoms with E-state index in [0.717, 1.165) is 16.9 Å². The fourth-order valence-electron chi connectivity index (χ4n) is 1.69. The van der Waals surface area contributed by atoms with Gasteiger partial charge in [0.2, 0.25) is 0 Å². The lowest BCUT2D eigenvalue weighted by atomic mass is 10.2. The number of benzene rings is 1. The first-order valence-electron chi connectivity index (χ1n) is 5.34. The predicted molar refractivity (Wildman–Crippen MR) is 66.6 cm³/mol. The minimum Gasteiger partial charge on any atom is -0.343 e. The van der Waals surface area contributed by atoms with Gasteiger partial charge in [0.1, 0.15) is 5.82 Å². The van der Waals surface area contributed by atoms with Crippen molar-refractivity contribution in [3.05, 3.63) is 54.1 Å². The highest BCUT2D eigenvalue weighted by Crippen LogP contribution is 2.25. The van der Waals surface area contributed by atoms with E-state index < -0.39 is 0 Å². The van der Waals surface area contributed by atoms with E-state index in [0.29, 0.717) is 6.54 Å². The van der Waals surface area contributed by atoms with Crippen molar-refractivity contribution in [2.24, 2.45) is 5.73 Å². The van der Waals surface area contributed by atoms with Gasteiger partial charge in [0, 0.05) is 25.5 Å². The number of aromatic nitrogens is 1. The molecule has 0 aliphatic heterocycles. The molecule has 0 amide bonds. The Hall–Kier alpha value is -1.94. The van der Waals surface area contributed by atoms with Crippen molar-refractivity contribution < 1.29 is 4.39 Å². The Morgan fingerprint density at radius 3 is 2.59 bits per heavy atom. The third kappa shape index (κ3) is 2.42. The molecule has 0 bridgehead atoms. The number of hydrogen-bond acceptors (Lipinski definition) is 3. The molecule has 2 aromatic rings. The van der Waals surface area contributed by atoms with E-state index >= 15 is 0 Å². The van der Waals surface area contributed by atoms with Crippen LogP contribution in [0.1, 0.15) is 5.56 Å². The van der Waals surface area contributed by atoms with Crippen molar-refractivity contribution in [3.63, 3.8) is 0 Å². The molecule has 1 aromatic heterocycles. The minimum atomic E-state index is -0.243. The molecule has 0 aliphatic rings. The molecular formula is C13H14FN3. The first-order valence-corrected chi connectivity index (χ1v) is 5.34. The van der Waals surface area contributed by atoms with Gasteiger partial charge in [-0.1, -0.05) is 0 Å². The Morgan fingerprint density at radius 1 is 1.24 bits per heavy atom. The molecule has 0 aliphatic carbocycles. The third-order valence-electron chi connectivity index (χ3n) is 2.68. The summed E-state index contributed by atoms with van der Waals surface area (Å²) in [4.78, 5) is 6.03. The lowest BCUT2D eigenvalue weighted by Crippen LogP contribution is -2.13. The zero-order valence-corrected chi connectivity index (χ0v) is 9.60. The van der Waals surface area contributed by atoms with Crippen LogP contribution in [0, 0.1) is 5.82 Å². The predicted octanol–water partition coefficient (Wildman–Crippen LogP) is 2.45. The van der Waals surface area contributed by atoms with Crippen molar-refractivity contribution >= 4 is 11.4 Å². The second-order valence-electron chi connectivity index (χ2n) is 3.74. The molecule has 0 atom stereocenters. The third-order valence-corrected chi connectivity index (χ3v) is 2.68. The second kappa shape index (κ2) is 4.93. The van der Waals surface area contributed by atoms with E-state index in [1.165, 1.54) is 12.1 Å². The molecule has 2 N–H and O–H groups in total. The van der Waals surface area contributed by atoms with Gasteiger partial charge in [0.25, 0.3) is 0 Å². The Morgan fingerprint density at radius 2 is 1.94 bits per heavy atom. The molecule has 0 radical (unpaired) electrons. The van der Waals surface area contributed by atoms with Gasteiger partial charge in [0.15, 0.2) is 0 Å². The SMILES string of the molecule is CN(c1ccc(F)cc1)c1cnccc1CN. The number of halogens is 1. The van der Waals surface area contributed by atoms with Gasteiger partial charge in [-0.3, -0.25) is 4.98 Å². The highest BCUT2D eigenvalue weighted by molar-refractivity contribution is 5.64. The van der Waals surface area contributed by atoms with E-state index in [1.54, 1.807) is 24.5 Å². The summed E-state index contributed by atoms with van der Waals surface area (Å²) in [5.41, 5.74) is 8.51. The van der Waals surface area contributed by atoms with Crippen molar-refractivity contribution in [2.45, 2.75) is 6.54 Å². The first kappa shape index (κ1) is 11.5. The van der Waals surface area contributed by atoms with Crippen LogP contribution >= 0.6 is 0 Å². The normalized spacial score (nSPS) is 10.3. The molecule has 0 saturated carbocycles. The van der Waals surface area contributed by atoms with E-state index in [2.05, 4.69) is 4.98 Å². The molecule has 0 unspecified atom stereocenters. The summed E-state index contributed by atoms with van der Waals surface area (Å²) in [5, 5.41) is 0. The van der Waals surface area contributed by atoms with Gasteiger partial charge < -0.3 is 10.6 Å². The van der Waals surface area contributed by atoms with Crippen molar-refractivity contribution in [1.82, 2.24) is 4.98 Å². The highest BCUT2D eigenvalue weighted by Gasteiger charge is 2.08. The molecular weight excluding hydrogens is 217 g/mol. The monoisotopic (exact) mass is 231 g/mol. The van der Waals surface area contributed by atoms with Crippen LogP contribution in [-0.2, 0) is 6.54 Å². The Balaban J connectivity index is 2.36. The largest absolute Gasteiger partial charge is 0.343 e. The molecule has 2 rings (SSSR count). The standard InChI is InChI=1S/C13H14FN3/c1-17(12-4-2-11(14)3-5-12)13-9-16-7-6-10(13)8-15/h2-7,9H,8,15H2,1H3. The maximum atomic E-state index is 12.8. The first-order chi connectivity index (χ1) is 8.22. The summed E-state index contributed by atoms with van der Waals surface area (Å²) < 4.78 is 12.8. The van der Waals surface area contributed by atoms with Crippen LogP contribution in [-0.4, -0.2) is 12.0 Å². The number of nitrogens with two attached hydrogens (primary N) is 1. The van der Waals surface area contributed by atoms with Crippen molar-refractivity contribution in [2.75, 3.05) is 11.9 Å². The Labute approximate surface area is 99.7 Å². The zero-order valence-electron chi connectivity index (χ0n) is 9.60. The van der Waals surface area contributed by atoms with E-state index in [4.69, 9.17) is 5.73 Å². The molecule has 3 nitrogen and oxygen atoms in total. The van der Waals surface area contributed by atoms with Crippen molar-refractivity contribution in [3.8, 4) is 0 Å². The van der Waals surface area contributed by atoms with Gasteiger partial charge in [-0.05, 0) is 35.9 Å². The van der Waals surface area contributed by atoms with Gasteiger partial charge in [-0.15, -0.1) is 0 Å². The highest BCUT2D eigenvalue weighted by atomic mass is 19.1. The summed E-state index contributed by atoms with van der Waals surface area (Å²) >= 11 is 0. The number of hydrogen-bond donors (Lipinski definition) is 1. The summed E-state index contributed by atoms with van der Waals surface area (Å²) in [5.74, 6) is -0.243. The van der Waals surface area contributed by atoms with Gasteiger partial charge in [0.05, 0.1) is 11.9 Å². The summed E-state index contributed by atoms with van der Waals surface area (Å²) in [6.07, 6.45) is 3.47. The van der Waals surface area contributed by atoms with Crippen LogP contribution in [0.4, 0.5) is 15.8 Å². The molecule has 17 heavy (non-hydrogen) atoms. The number of pyridine rings is 1. The number of rotatable bonds is 3. The van der Waals surface area contributed by atoms with E-state index in [9.17, 15) is 4.39 Å². The van der Waals surface area contributed by atoms with Crippen molar-refractivity contribution in [1.29, 1.82) is 0 Å². The average molecular weight is 231 g/mol. The number of anilines is 2.